The van der Waals surface area contributed by atoms with Gasteiger partial charge in [-0.1, -0.05) is 6.07 Å². The maximum atomic E-state index is 5.44. The summed E-state index contributed by atoms with van der Waals surface area (Å²) < 4.78 is 5.28. The van der Waals surface area contributed by atoms with E-state index >= 15 is 0 Å². The number of fused-ring (bicyclic) bond motifs is 1. The summed E-state index contributed by atoms with van der Waals surface area (Å²) in [5.74, 6) is 1.74. The van der Waals surface area contributed by atoms with E-state index in [1.807, 2.05) is 18.2 Å². The summed E-state index contributed by atoms with van der Waals surface area (Å²) in [4.78, 5) is 7.82. The van der Waals surface area contributed by atoms with E-state index in [4.69, 9.17) is 10.5 Å². The van der Waals surface area contributed by atoms with Crippen molar-refractivity contribution in [2.75, 3.05) is 20.2 Å². The van der Waals surface area contributed by atoms with Crippen molar-refractivity contribution in [1.29, 1.82) is 0 Å². The molecule has 0 unspecified atom stereocenters. The third kappa shape index (κ3) is 3.00. The molecule has 0 aliphatic rings. The summed E-state index contributed by atoms with van der Waals surface area (Å²) in [5, 5.41) is 3.34. The molecular formula is C13H20N4O. The number of ether oxygens (including phenoxy) is 1. The number of nitrogens with two attached hydrogens (primary N) is 1. The number of hydrogen-bond acceptors (Lipinski definition) is 4. The number of aromatic nitrogens is 2. The Morgan fingerprint density at radius 1 is 1.39 bits per heavy atom. The number of aromatic amines is 1. The minimum absolute atomic E-state index is 0.738. The Hall–Kier alpha value is -1.59. The van der Waals surface area contributed by atoms with Crippen LogP contribution in [0.4, 0.5) is 0 Å². The second kappa shape index (κ2) is 6.37. The lowest BCUT2D eigenvalue weighted by atomic mass is 10.3. The molecule has 4 N–H and O–H groups in total. The zero-order chi connectivity index (χ0) is 12.8. The fourth-order valence-electron chi connectivity index (χ4n) is 1.91. The minimum Gasteiger partial charge on any atom is -0.494 e. The van der Waals surface area contributed by atoms with Crippen molar-refractivity contribution in [3.63, 3.8) is 0 Å². The largest absolute Gasteiger partial charge is 0.494 e. The summed E-state index contributed by atoms with van der Waals surface area (Å²) in [5.41, 5.74) is 7.34. The average Bonchev–Trinajstić information content (AvgIpc) is 2.81. The van der Waals surface area contributed by atoms with Crippen LogP contribution >= 0.6 is 0 Å². The summed E-state index contributed by atoms with van der Waals surface area (Å²) in [6, 6.07) is 5.88. The molecule has 5 nitrogen and oxygen atoms in total. The molecule has 0 aliphatic carbocycles. The van der Waals surface area contributed by atoms with Gasteiger partial charge in [0.15, 0.2) is 0 Å². The molecule has 0 saturated carbocycles. The van der Waals surface area contributed by atoms with Gasteiger partial charge in [0.1, 0.15) is 17.1 Å². The van der Waals surface area contributed by atoms with E-state index in [9.17, 15) is 0 Å². The third-order valence-corrected chi connectivity index (χ3v) is 2.84. The van der Waals surface area contributed by atoms with Crippen LogP contribution in [0.3, 0.4) is 0 Å². The predicted octanol–water partition coefficient (Wildman–Crippen LogP) is 1.40. The molecular weight excluding hydrogens is 228 g/mol. The molecule has 2 rings (SSSR count). The topological polar surface area (TPSA) is 76.0 Å². The lowest BCUT2D eigenvalue weighted by Gasteiger charge is -2.00. The van der Waals surface area contributed by atoms with Crippen molar-refractivity contribution < 1.29 is 4.74 Å². The number of methoxy groups -OCH3 is 1. The number of hydrogen-bond donors (Lipinski definition) is 3. The molecule has 0 spiro atoms. The predicted molar refractivity (Wildman–Crippen MR) is 72.6 cm³/mol. The molecule has 1 aromatic heterocycles. The maximum absolute atomic E-state index is 5.44. The van der Waals surface area contributed by atoms with Crippen LogP contribution in [0.2, 0.25) is 0 Å². The van der Waals surface area contributed by atoms with Crippen molar-refractivity contribution >= 4 is 11.0 Å². The van der Waals surface area contributed by atoms with E-state index in [0.29, 0.717) is 0 Å². The van der Waals surface area contributed by atoms with Gasteiger partial charge in [-0.05, 0) is 38.1 Å². The number of imidazole rings is 1. The number of nitrogens with one attached hydrogen (secondary N) is 2. The van der Waals surface area contributed by atoms with E-state index in [1.165, 1.54) is 0 Å². The first kappa shape index (κ1) is 12.9. The van der Waals surface area contributed by atoms with Gasteiger partial charge in [-0.3, -0.25) is 0 Å². The molecule has 0 amide bonds. The second-order valence-electron chi connectivity index (χ2n) is 4.21. The highest BCUT2D eigenvalue weighted by molar-refractivity contribution is 5.81. The molecule has 0 bridgehead atoms. The van der Waals surface area contributed by atoms with Crippen LogP contribution in [0.5, 0.6) is 5.75 Å². The lowest BCUT2D eigenvalue weighted by Crippen LogP contribution is -2.16. The Balaban J connectivity index is 1.97. The van der Waals surface area contributed by atoms with Crippen LogP contribution in [0.15, 0.2) is 18.2 Å². The van der Waals surface area contributed by atoms with E-state index in [-0.39, 0.29) is 0 Å². The van der Waals surface area contributed by atoms with Gasteiger partial charge in [0.05, 0.1) is 19.2 Å². The van der Waals surface area contributed by atoms with E-state index in [2.05, 4.69) is 15.3 Å². The van der Waals surface area contributed by atoms with Crippen molar-refractivity contribution in [3.05, 3.63) is 24.0 Å². The zero-order valence-corrected chi connectivity index (χ0v) is 10.7. The SMILES string of the molecule is COc1cccc2[nH]c(CNCCCCN)nc12. The Kier molecular flexibility index (Phi) is 4.55. The maximum Gasteiger partial charge on any atom is 0.146 e. The highest BCUT2D eigenvalue weighted by atomic mass is 16.5. The molecule has 0 radical (unpaired) electrons. The first-order chi connectivity index (χ1) is 8.85. The van der Waals surface area contributed by atoms with Crippen molar-refractivity contribution in [2.24, 2.45) is 5.73 Å². The fourth-order valence-corrected chi connectivity index (χ4v) is 1.91. The van der Waals surface area contributed by atoms with Gasteiger partial charge < -0.3 is 20.8 Å². The first-order valence-electron chi connectivity index (χ1n) is 6.27. The Labute approximate surface area is 107 Å². The van der Waals surface area contributed by atoms with Crippen molar-refractivity contribution in [2.45, 2.75) is 19.4 Å². The Morgan fingerprint density at radius 3 is 3.06 bits per heavy atom. The number of H-pyrrole nitrogens is 1. The Bertz CT molecular complexity index is 495. The molecule has 1 heterocycles. The van der Waals surface area contributed by atoms with Gasteiger partial charge in [-0.15, -0.1) is 0 Å². The summed E-state index contributed by atoms with van der Waals surface area (Å²) in [6.45, 7) is 2.46. The zero-order valence-electron chi connectivity index (χ0n) is 10.7. The van der Waals surface area contributed by atoms with E-state index in [1.54, 1.807) is 7.11 Å². The van der Waals surface area contributed by atoms with Crippen molar-refractivity contribution in [1.82, 2.24) is 15.3 Å². The molecule has 98 valence electrons. The number of unbranched alkanes of at least 4 members (excludes halogenated alkanes) is 1. The number of nitrogens with zero attached hydrogens (tertiary/aromatic N) is 1. The van der Waals surface area contributed by atoms with Crippen LogP contribution < -0.4 is 15.8 Å². The van der Waals surface area contributed by atoms with Gasteiger partial charge >= 0.3 is 0 Å². The third-order valence-electron chi connectivity index (χ3n) is 2.84. The minimum atomic E-state index is 0.738. The van der Waals surface area contributed by atoms with Crippen LogP contribution in [-0.4, -0.2) is 30.2 Å². The van der Waals surface area contributed by atoms with Gasteiger partial charge in [-0.2, -0.15) is 0 Å². The van der Waals surface area contributed by atoms with Gasteiger partial charge in [-0.25, -0.2) is 4.98 Å². The van der Waals surface area contributed by atoms with Crippen molar-refractivity contribution in [3.8, 4) is 5.75 Å². The molecule has 0 aliphatic heterocycles. The van der Waals surface area contributed by atoms with Crippen LogP contribution in [0, 0.1) is 0 Å². The quantitative estimate of drug-likeness (QED) is 0.647. The first-order valence-corrected chi connectivity index (χ1v) is 6.27. The van der Waals surface area contributed by atoms with Gasteiger partial charge in [0, 0.05) is 0 Å². The molecule has 18 heavy (non-hydrogen) atoms. The molecule has 0 fully saturated rings. The lowest BCUT2D eigenvalue weighted by molar-refractivity contribution is 0.419. The molecule has 2 aromatic rings. The summed E-state index contributed by atoms with van der Waals surface area (Å²) >= 11 is 0. The standard InChI is InChI=1S/C13H20N4O/c1-18-11-6-4-5-10-13(11)17-12(16-10)9-15-8-3-2-7-14/h4-6,15H,2-3,7-9,14H2,1H3,(H,16,17). The van der Waals surface area contributed by atoms with Crippen LogP contribution in [0.1, 0.15) is 18.7 Å². The number of benzene rings is 1. The molecule has 5 heteroatoms. The molecule has 0 saturated heterocycles. The van der Waals surface area contributed by atoms with E-state index in [0.717, 1.165) is 55.1 Å². The fraction of sp³-hybridized carbons (Fsp3) is 0.462. The number of rotatable bonds is 7. The smallest absolute Gasteiger partial charge is 0.146 e. The normalized spacial score (nSPS) is 11.0. The average molecular weight is 248 g/mol. The second-order valence-corrected chi connectivity index (χ2v) is 4.21. The van der Waals surface area contributed by atoms with E-state index < -0.39 is 0 Å². The van der Waals surface area contributed by atoms with Gasteiger partial charge in [0.25, 0.3) is 0 Å². The van der Waals surface area contributed by atoms with Crippen LogP contribution in [0.25, 0.3) is 11.0 Å². The summed E-state index contributed by atoms with van der Waals surface area (Å²) in [6.07, 6.45) is 2.15. The van der Waals surface area contributed by atoms with Crippen LogP contribution in [-0.2, 0) is 6.54 Å². The summed E-state index contributed by atoms with van der Waals surface area (Å²) in [7, 11) is 1.66. The monoisotopic (exact) mass is 248 g/mol. The molecule has 1 aromatic carbocycles. The Morgan fingerprint density at radius 2 is 2.28 bits per heavy atom. The highest BCUT2D eigenvalue weighted by Gasteiger charge is 2.06. The highest BCUT2D eigenvalue weighted by Crippen LogP contribution is 2.22. The van der Waals surface area contributed by atoms with Gasteiger partial charge in [0.2, 0.25) is 0 Å². The number of para-hydroxylation sites is 1. The molecule has 0 atom stereocenters.